The molecule has 0 aromatic carbocycles. The Kier molecular flexibility index (Phi) is 5.96. The Bertz CT molecular complexity index is 455. The summed E-state index contributed by atoms with van der Waals surface area (Å²) < 4.78 is 5.07. The van der Waals surface area contributed by atoms with Crippen molar-refractivity contribution >= 4 is 17.6 Å². The number of ether oxygens (including phenoxy) is 1. The summed E-state index contributed by atoms with van der Waals surface area (Å²) in [6.45, 7) is 5.51. The van der Waals surface area contributed by atoms with Crippen LogP contribution in [0.25, 0.3) is 0 Å². The number of carbonyl (C=O) groups is 2. The second kappa shape index (κ2) is 7.47. The second-order valence-electron chi connectivity index (χ2n) is 4.55. The number of carbonyl (C=O) groups excluding carboxylic acids is 2. The Morgan fingerprint density at radius 2 is 2.00 bits per heavy atom. The standard InChI is InChI=1S/C14H21N3O3/c1-4-11(5-2)17-13(18)9(3)20-14(19)12-7-6-10(15)8-16-12/h6-9,11H,4-5,15H2,1-3H3,(H,17,18). The molecule has 0 fully saturated rings. The van der Waals surface area contributed by atoms with Crippen molar-refractivity contribution in [2.45, 2.75) is 45.8 Å². The first-order valence-electron chi connectivity index (χ1n) is 6.70. The molecule has 3 N–H and O–H groups in total. The molecule has 0 saturated carbocycles. The molecule has 1 amide bonds. The SMILES string of the molecule is CCC(CC)NC(=O)C(C)OC(=O)c1ccc(N)cn1. The number of esters is 1. The number of rotatable bonds is 6. The molecular formula is C14H21N3O3. The van der Waals surface area contributed by atoms with Gasteiger partial charge in [-0.15, -0.1) is 0 Å². The summed E-state index contributed by atoms with van der Waals surface area (Å²) in [5.74, 6) is -0.945. The van der Waals surface area contributed by atoms with Crippen LogP contribution in [0.3, 0.4) is 0 Å². The van der Waals surface area contributed by atoms with Crippen LogP contribution in [0.4, 0.5) is 5.69 Å². The van der Waals surface area contributed by atoms with Crippen molar-refractivity contribution in [2.75, 3.05) is 5.73 Å². The minimum Gasteiger partial charge on any atom is -0.448 e. The number of nitrogen functional groups attached to an aromatic ring is 1. The molecule has 6 heteroatoms. The van der Waals surface area contributed by atoms with E-state index in [2.05, 4.69) is 10.3 Å². The summed E-state index contributed by atoms with van der Waals surface area (Å²) in [6.07, 6.45) is 2.18. The average Bonchev–Trinajstić information content (AvgIpc) is 2.44. The van der Waals surface area contributed by atoms with E-state index in [9.17, 15) is 9.59 Å². The van der Waals surface area contributed by atoms with Gasteiger partial charge in [0.05, 0.1) is 11.9 Å². The maximum atomic E-state index is 11.9. The van der Waals surface area contributed by atoms with E-state index in [1.165, 1.54) is 19.2 Å². The second-order valence-corrected chi connectivity index (χ2v) is 4.55. The third-order valence-electron chi connectivity index (χ3n) is 2.98. The number of pyridine rings is 1. The summed E-state index contributed by atoms with van der Waals surface area (Å²) in [7, 11) is 0. The summed E-state index contributed by atoms with van der Waals surface area (Å²) in [4.78, 5) is 27.5. The summed E-state index contributed by atoms with van der Waals surface area (Å²) in [5.41, 5.74) is 6.07. The van der Waals surface area contributed by atoms with Gasteiger partial charge >= 0.3 is 5.97 Å². The van der Waals surface area contributed by atoms with Crippen molar-refractivity contribution in [2.24, 2.45) is 0 Å². The first-order valence-corrected chi connectivity index (χ1v) is 6.70. The normalized spacial score (nSPS) is 12.0. The maximum Gasteiger partial charge on any atom is 0.357 e. The summed E-state index contributed by atoms with van der Waals surface area (Å²) in [6, 6.07) is 3.11. The molecule has 0 radical (unpaired) electrons. The zero-order chi connectivity index (χ0) is 15.1. The lowest BCUT2D eigenvalue weighted by molar-refractivity contribution is -0.129. The van der Waals surface area contributed by atoms with E-state index in [4.69, 9.17) is 10.5 Å². The van der Waals surface area contributed by atoms with Crippen molar-refractivity contribution in [1.29, 1.82) is 0 Å². The molecule has 1 aromatic heterocycles. The Hall–Kier alpha value is -2.11. The fraction of sp³-hybridized carbons (Fsp3) is 0.500. The van der Waals surface area contributed by atoms with E-state index in [0.29, 0.717) is 5.69 Å². The molecule has 0 aliphatic heterocycles. The first-order chi connectivity index (χ1) is 9.47. The van der Waals surface area contributed by atoms with Gasteiger partial charge < -0.3 is 15.8 Å². The number of anilines is 1. The Labute approximate surface area is 118 Å². The van der Waals surface area contributed by atoms with Gasteiger partial charge in [0.2, 0.25) is 0 Å². The molecule has 1 aromatic rings. The molecule has 0 aliphatic carbocycles. The van der Waals surface area contributed by atoms with Crippen molar-refractivity contribution in [3.63, 3.8) is 0 Å². The number of amides is 1. The summed E-state index contributed by atoms with van der Waals surface area (Å²) in [5, 5.41) is 2.83. The van der Waals surface area contributed by atoms with Gasteiger partial charge in [-0.2, -0.15) is 0 Å². The van der Waals surface area contributed by atoms with Crippen LogP contribution in [-0.4, -0.2) is 29.0 Å². The Morgan fingerprint density at radius 1 is 1.35 bits per heavy atom. The fourth-order valence-electron chi connectivity index (χ4n) is 1.61. The molecule has 110 valence electrons. The van der Waals surface area contributed by atoms with Crippen LogP contribution in [0, 0.1) is 0 Å². The van der Waals surface area contributed by atoms with Crippen LogP contribution in [0.5, 0.6) is 0 Å². The van der Waals surface area contributed by atoms with Crippen LogP contribution in [0.15, 0.2) is 18.3 Å². The minimum atomic E-state index is -0.859. The van der Waals surface area contributed by atoms with E-state index in [0.717, 1.165) is 12.8 Å². The summed E-state index contributed by atoms with van der Waals surface area (Å²) >= 11 is 0. The third kappa shape index (κ3) is 4.53. The number of hydrogen-bond donors (Lipinski definition) is 2. The molecule has 0 aliphatic rings. The third-order valence-corrected chi connectivity index (χ3v) is 2.98. The molecule has 1 rings (SSSR count). The molecule has 1 unspecified atom stereocenters. The van der Waals surface area contributed by atoms with Crippen LogP contribution in [0.1, 0.15) is 44.1 Å². The predicted molar refractivity (Wildman–Crippen MR) is 76.0 cm³/mol. The highest BCUT2D eigenvalue weighted by Crippen LogP contribution is 2.05. The molecule has 0 bridgehead atoms. The van der Waals surface area contributed by atoms with Crippen LogP contribution >= 0.6 is 0 Å². The lowest BCUT2D eigenvalue weighted by atomic mass is 10.1. The molecule has 1 heterocycles. The van der Waals surface area contributed by atoms with Gasteiger partial charge in [-0.05, 0) is 31.9 Å². The molecule has 0 spiro atoms. The average molecular weight is 279 g/mol. The van der Waals surface area contributed by atoms with Gasteiger partial charge in [-0.1, -0.05) is 13.8 Å². The monoisotopic (exact) mass is 279 g/mol. The van der Waals surface area contributed by atoms with E-state index in [1.807, 2.05) is 13.8 Å². The largest absolute Gasteiger partial charge is 0.448 e. The maximum absolute atomic E-state index is 11.9. The van der Waals surface area contributed by atoms with E-state index in [1.54, 1.807) is 6.07 Å². The van der Waals surface area contributed by atoms with E-state index >= 15 is 0 Å². The van der Waals surface area contributed by atoms with Crippen LogP contribution in [-0.2, 0) is 9.53 Å². The highest BCUT2D eigenvalue weighted by atomic mass is 16.5. The Balaban J connectivity index is 2.56. The molecule has 20 heavy (non-hydrogen) atoms. The fourth-order valence-corrected chi connectivity index (χ4v) is 1.61. The number of nitrogens with two attached hydrogens (primary N) is 1. The van der Waals surface area contributed by atoms with Crippen molar-refractivity contribution in [1.82, 2.24) is 10.3 Å². The van der Waals surface area contributed by atoms with Gasteiger partial charge in [0.1, 0.15) is 5.69 Å². The van der Waals surface area contributed by atoms with Crippen LogP contribution in [0.2, 0.25) is 0 Å². The smallest absolute Gasteiger partial charge is 0.357 e. The lowest BCUT2D eigenvalue weighted by Gasteiger charge is -2.18. The Morgan fingerprint density at radius 3 is 2.50 bits per heavy atom. The number of hydrogen-bond acceptors (Lipinski definition) is 5. The topological polar surface area (TPSA) is 94.3 Å². The van der Waals surface area contributed by atoms with Crippen molar-refractivity contribution in [3.8, 4) is 0 Å². The quantitative estimate of drug-likeness (QED) is 0.770. The predicted octanol–water partition coefficient (Wildman–Crippen LogP) is 1.51. The zero-order valence-corrected chi connectivity index (χ0v) is 12.1. The molecule has 1 atom stereocenters. The minimum absolute atomic E-state index is 0.0956. The highest BCUT2D eigenvalue weighted by molar-refractivity contribution is 5.90. The van der Waals surface area contributed by atoms with Gasteiger partial charge in [0, 0.05) is 6.04 Å². The number of nitrogens with zero attached hydrogens (tertiary/aromatic N) is 1. The number of nitrogens with one attached hydrogen (secondary N) is 1. The van der Waals surface area contributed by atoms with Gasteiger partial charge in [0.25, 0.3) is 5.91 Å². The van der Waals surface area contributed by atoms with Crippen LogP contribution < -0.4 is 11.1 Å². The number of aromatic nitrogens is 1. The van der Waals surface area contributed by atoms with Gasteiger partial charge in [0.15, 0.2) is 6.10 Å². The highest BCUT2D eigenvalue weighted by Gasteiger charge is 2.21. The first kappa shape index (κ1) is 15.9. The van der Waals surface area contributed by atoms with Gasteiger partial charge in [-0.3, -0.25) is 4.79 Å². The molecule has 0 saturated heterocycles. The van der Waals surface area contributed by atoms with E-state index < -0.39 is 12.1 Å². The van der Waals surface area contributed by atoms with Gasteiger partial charge in [-0.25, -0.2) is 9.78 Å². The van der Waals surface area contributed by atoms with Crippen molar-refractivity contribution in [3.05, 3.63) is 24.0 Å². The lowest BCUT2D eigenvalue weighted by Crippen LogP contribution is -2.41. The zero-order valence-electron chi connectivity index (χ0n) is 12.1. The van der Waals surface area contributed by atoms with Crippen molar-refractivity contribution < 1.29 is 14.3 Å². The molecule has 6 nitrogen and oxygen atoms in total. The van der Waals surface area contributed by atoms with E-state index in [-0.39, 0.29) is 17.6 Å². The molecular weight excluding hydrogens is 258 g/mol.